The van der Waals surface area contributed by atoms with E-state index in [1.54, 1.807) is 4.68 Å². The molecule has 0 saturated carbocycles. The summed E-state index contributed by atoms with van der Waals surface area (Å²) >= 11 is 0. The smallest absolute Gasteiger partial charge is 0.226 e. The van der Waals surface area contributed by atoms with Crippen molar-refractivity contribution >= 4 is 11.7 Å². The van der Waals surface area contributed by atoms with Crippen LogP contribution < -0.4 is 5.32 Å². The van der Waals surface area contributed by atoms with Crippen LogP contribution in [0, 0.1) is 6.92 Å². The number of anilines is 1. The minimum Gasteiger partial charge on any atom is -0.311 e. The Morgan fingerprint density at radius 3 is 2.62 bits per heavy atom. The number of hydrogen-bond donors (Lipinski definition) is 1. The van der Waals surface area contributed by atoms with Gasteiger partial charge in [-0.15, -0.1) is 0 Å². The molecule has 3 heterocycles. The Balaban J connectivity index is 2.13. The Hall–Kier alpha value is -2.11. The molecule has 1 aliphatic heterocycles. The lowest BCUT2D eigenvalue weighted by Gasteiger charge is -2.27. The minimum absolute atomic E-state index is 0.0264. The van der Waals surface area contributed by atoms with Gasteiger partial charge in [0.1, 0.15) is 5.82 Å². The molecule has 21 heavy (non-hydrogen) atoms. The molecule has 6 heteroatoms. The van der Waals surface area contributed by atoms with Crippen molar-refractivity contribution in [1.29, 1.82) is 0 Å². The number of carbonyl (C=O) groups excluding carboxylic acids is 1. The van der Waals surface area contributed by atoms with E-state index in [-0.39, 0.29) is 17.4 Å². The minimum atomic E-state index is -0.174. The highest BCUT2D eigenvalue weighted by Crippen LogP contribution is 2.39. The molecule has 1 N–H and O–H groups in total. The molecule has 0 aromatic carbocycles. The van der Waals surface area contributed by atoms with Crippen molar-refractivity contribution in [3.63, 3.8) is 0 Å². The van der Waals surface area contributed by atoms with Crippen molar-refractivity contribution in [2.75, 3.05) is 5.32 Å². The molecule has 112 valence electrons. The number of aryl methyl sites for hydroxylation is 2. The van der Waals surface area contributed by atoms with Gasteiger partial charge in [0.15, 0.2) is 0 Å². The molecule has 0 spiro atoms. The molecule has 0 fully saturated rings. The summed E-state index contributed by atoms with van der Waals surface area (Å²) < 4.78 is 3.68. The summed E-state index contributed by atoms with van der Waals surface area (Å²) in [5, 5.41) is 11.9. The standard InChI is InChI=1S/C15H21N5O/c1-9-12(8-19(5)18-9)10-6-13(21)17-14-11(10)7-16-20(14)15(2,3)4/h7-8,10H,6H2,1-5H3,(H,17,21)/t10-/m1/s1. The molecule has 1 amide bonds. The summed E-state index contributed by atoms with van der Waals surface area (Å²) in [5.74, 6) is 0.868. The molecule has 1 aliphatic rings. The number of rotatable bonds is 1. The highest BCUT2D eigenvalue weighted by molar-refractivity contribution is 5.94. The molecule has 0 bridgehead atoms. The largest absolute Gasteiger partial charge is 0.311 e. The van der Waals surface area contributed by atoms with Crippen molar-refractivity contribution in [2.45, 2.75) is 45.6 Å². The second-order valence-corrected chi connectivity index (χ2v) is 6.68. The zero-order valence-corrected chi connectivity index (χ0v) is 13.1. The van der Waals surface area contributed by atoms with Crippen LogP contribution in [0.2, 0.25) is 0 Å². The van der Waals surface area contributed by atoms with Crippen LogP contribution in [0.15, 0.2) is 12.4 Å². The molecular weight excluding hydrogens is 266 g/mol. The molecule has 0 unspecified atom stereocenters. The van der Waals surface area contributed by atoms with Crippen molar-refractivity contribution in [3.8, 4) is 0 Å². The van der Waals surface area contributed by atoms with E-state index in [9.17, 15) is 4.79 Å². The molecule has 0 saturated heterocycles. The number of nitrogens with one attached hydrogen (secondary N) is 1. The quantitative estimate of drug-likeness (QED) is 0.874. The Morgan fingerprint density at radius 1 is 1.33 bits per heavy atom. The van der Waals surface area contributed by atoms with Gasteiger partial charge in [0.2, 0.25) is 5.91 Å². The van der Waals surface area contributed by atoms with Crippen molar-refractivity contribution < 1.29 is 4.79 Å². The second kappa shape index (κ2) is 4.44. The number of nitrogens with zero attached hydrogens (tertiary/aromatic N) is 4. The molecule has 0 radical (unpaired) electrons. The lowest BCUT2D eigenvalue weighted by Crippen LogP contribution is -2.30. The van der Waals surface area contributed by atoms with E-state index < -0.39 is 0 Å². The van der Waals surface area contributed by atoms with Gasteiger partial charge in [-0.3, -0.25) is 9.48 Å². The number of carbonyl (C=O) groups is 1. The van der Waals surface area contributed by atoms with Crippen LogP contribution in [0.3, 0.4) is 0 Å². The van der Waals surface area contributed by atoms with E-state index in [0.29, 0.717) is 6.42 Å². The first-order chi connectivity index (χ1) is 9.77. The summed E-state index contributed by atoms with van der Waals surface area (Å²) in [6, 6.07) is 0. The predicted molar refractivity (Wildman–Crippen MR) is 80.3 cm³/mol. The van der Waals surface area contributed by atoms with Crippen molar-refractivity contribution in [3.05, 3.63) is 29.2 Å². The lowest BCUT2D eigenvalue weighted by molar-refractivity contribution is -0.116. The van der Waals surface area contributed by atoms with Gasteiger partial charge >= 0.3 is 0 Å². The lowest BCUT2D eigenvalue weighted by atomic mass is 9.87. The fraction of sp³-hybridized carbons (Fsp3) is 0.533. The predicted octanol–water partition coefficient (Wildman–Crippen LogP) is 2.15. The highest BCUT2D eigenvalue weighted by atomic mass is 16.1. The Kier molecular flexibility index (Phi) is 2.93. The third kappa shape index (κ3) is 2.24. The maximum Gasteiger partial charge on any atom is 0.226 e. The van der Waals surface area contributed by atoms with Gasteiger partial charge in [0.05, 0.1) is 17.4 Å². The van der Waals surface area contributed by atoms with Crippen LogP contribution in [0.1, 0.15) is 49.9 Å². The SMILES string of the molecule is Cc1nn(C)cc1[C@@H]1CC(=O)Nc2c1cnn2C(C)(C)C. The van der Waals surface area contributed by atoms with Gasteiger partial charge in [-0.2, -0.15) is 10.2 Å². The number of hydrogen-bond acceptors (Lipinski definition) is 3. The van der Waals surface area contributed by atoms with Gasteiger partial charge in [0.25, 0.3) is 0 Å². The molecule has 6 nitrogen and oxygen atoms in total. The molecule has 1 atom stereocenters. The average Bonchev–Trinajstić information content (AvgIpc) is 2.90. The Bertz CT molecular complexity index is 704. The summed E-state index contributed by atoms with van der Waals surface area (Å²) in [5.41, 5.74) is 2.96. The molecule has 2 aromatic rings. The zero-order chi connectivity index (χ0) is 15.4. The fourth-order valence-corrected chi connectivity index (χ4v) is 2.97. The van der Waals surface area contributed by atoms with Gasteiger partial charge < -0.3 is 5.32 Å². The van der Waals surface area contributed by atoms with E-state index in [1.165, 1.54) is 0 Å². The van der Waals surface area contributed by atoms with E-state index in [0.717, 1.165) is 22.6 Å². The summed E-state index contributed by atoms with van der Waals surface area (Å²) in [4.78, 5) is 12.1. The third-order valence-electron chi connectivity index (χ3n) is 3.88. The summed E-state index contributed by atoms with van der Waals surface area (Å²) in [6.45, 7) is 8.21. The first kappa shape index (κ1) is 13.9. The molecule has 0 aliphatic carbocycles. The maximum atomic E-state index is 12.1. The summed E-state index contributed by atoms with van der Waals surface area (Å²) in [6.07, 6.45) is 4.31. The Labute approximate surface area is 124 Å². The maximum absolute atomic E-state index is 12.1. The molecule has 3 rings (SSSR count). The van der Waals surface area contributed by atoms with Crippen LogP contribution in [-0.2, 0) is 17.4 Å². The van der Waals surface area contributed by atoms with Crippen LogP contribution in [-0.4, -0.2) is 25.5 Å². The van der Waals surface area contributed by atoms with Crippen LogP contribution in [0.4, 0.5) is 5.82 Å². The van der Waals surface area contributed by atoms with Crippen LogP contribution in [0.5, 0.6) is 0 Å². The van der Waals surface area contributed by atoms with Crippen molar-refractivity contribution in [2.24, 2.45) is 7.05 Å². The second-order valence-electron chi connectivity index (χ2n) is 6.68. The Morgan fingerprint density at radius 2 is 2.05 bits per heavy atom. The third-order valence-corrected chi connectivity index (χ3v) is 3.88. The van der Waals surface area contributed by atoms with Crippen LogP contribution in [0.25, 0.3) is 0 Å². The van der Waals surface area contributed by atoms with E-state index >= 15 is 0 Å². The van der Waals surface area contributed by atoms with Gasteiger partial charge in [0, 0.05) is 36.7 Å². The molecular formula is C15H21N5O. The van der Waals surface area contributed by atoms with Gasteiger partial charge in [-0.1, -0.05) is 0 Å². The van der Waals surface area contributed by atoms with Gasteiger partial charge in [-0.05, 0) is 27.7 Å². The number of fused-ring (bicyclic) bond motifs is 1. The van der Waals surface area contributed by atoms with Crippen LogP contribution >= 0.6 is 0 Å². The van der Waals surface area contributed by atoms with E-state index in [1.807, 2.05) is 31.0 Å². The fourth-order valence-electron chi connectivity index (χ4n) is 2.97. The topological polar surface area (TPSA) is 64.7 Å². The van der Waals surface area contributed by atoms with Gasteiger partial charge in [-0.25, -0.2) is 4.68 Å². The normalized spacial score (nSPS) is 18.5. The average molecular weight is 287 g/mol. The first-order valence-corrected chi connectivity index (χ1v) is 7.16. The van der Waals surface area contributed by atoms with E-state index in [4.69, 9.17) is 0 Å². The highest BCUT2D eigenvalue weighted by Gasteiger charge is 2.33. The first-order valence-electron chi connectivity index (χ1n) is 7.16. The number of aromatic nitrogens is 4. The van der Waals surface area contributed by atoms with E-state index in [2.05, 4.69) is 36.3 Å². The molecule has 2 aromatic heterocycles. The number of amides is 1. The van der Waals surface area contributed by atoms with Crippen molar-refractivity contribution in [1.82, 2.24) is 19.6 Å². The zero-order valence-electron chi connectivity index (χ0n) is 13.1. The summed E-state index contributed by atoms with van der Waals surface area (Å²) in [7, 11) is 1.90. The monoisotopic (exact) mass is 287 g/mol.